The molecular formula is C30H39F2N3O3. The number of rotatable bonds is 9. The molecule has 206 valence electrons. The quantitative estimate of drug-likeness (QED) is 0.342. The number of ether oxygens (including phenoxy) is 1. The Morgan fingerprint density at radius 1 is 1.18 bits per heavy atom. The van der Waals surface area contributed by atoms with Crippen LogP contribution in [0.15, 0.2) is 35.1 Å². The van der Waals surface area contributed by atoms with Crippen molar-refractivity contribution in [1.82, 2.24) is 14.5 Å². The van der Waals surface area contributed by atoms with Gasteiger partial charge in [0, 0.05) is 40.3 Å². The summed E-state index contributed by atoms with van der Waals surface area (Å²) in [5.41, 5.74) is 2.41. The second-order valence-electron chi connectivity index (χ2n) is 11.1. The van der Waals surface area contributed by atoms with Gasteiger partial charge in [-0.1, -0.05) is 18.2 Å². The molecule has 1 fully saturated rings. The summed E-state index contributed by atoms with van der Waals surface area (Å²) in [6.07, 6.45) is -0.279. The first-order valence-electron chi connectivity index (χ1n) is 13.4. The summed E-state index contributed by atoms with van der Waals surface area (Å²) in [6, 6.07) is 9.81. The minimum Gasteiger partial charge on any atom is -0.496 e. The molecule has 1 aliphatic rings. The number of nitrogens with one attached hydrogen (secondary N) is 1. The van der Waals surface area contributed by atoms with E-state index in [2.05, 4.69) is 16.5 Å². The number of pyridine rings is 1. The zero-order valence-corrected chi connectivity index (χ0v) is 23.2. The van der Waals surface area contributed by atoms with Gasteiger partial charge in [0.05, 0.1) is 18.2 Å². The number of Topliss-reactive ketones (excluding diaryl/α,β-unsaturated/α-hetero) is 1. The van der Waals surface area contributed by atoms with Crippen molar-refractivity contribution in [2.45, 2.75) is 78.3 Å². The van der Waals surface area contributed by atoms with Crippen LogP contribution in [-0.2, 0) is 6.42 Å². The maximum Gasteiger partial charge on any atom is 0.256 e. The molecule has 3 aromatic rings. The number of fused-ring (bicyclic) bond motifs is 1. The number of H-pyrrole nitrogens is 1. The monoisotopic (exact) mass is 527 g/mol. The molecule has 0 saturated carbocycles. The van der Waals surface area contributed by atoms with Crippen LogP contribution in [0.25, 0.3) is 10.9 Å². The third-order valence-electron chi connectivity index (χ3n) is 8.46. The summed E-state index contributed by atoms with van der Waals surface area (Å²) in [6.45, 7) is 10.4. The fourth-order valence-corrected chi connectivity index (χ4v) is 6.04. The highest BCUT2D eigenvalue weighted by atomic mass is 19.3. The van der Waals surface area contributed by atoms with Crippen molar-refractivity contribution in [2.75, 3.05) is 20.2 Å². The van der Waals surface area contributed by atoms with Crippen LogP contribution in [0.3, 0.4) is 0 Å². The predicted octanol–water partition coefficient (Wildman–Crippen LogP) is 6.09. The first kappa shape index (κ1) is 28.0. The Bertz CT molecular complexity index is 1370. The number of aromatic nitrogens is 2. The van der Waals surface area contributed by atoms with Crippen molar-refractivity contribution in [1.29, 1.82) is 0 Å². The van der Waals surface area contributed by atoms with E-state index in [1.165, 1.54) is 7.11 Å². The number of hydrogen-bond acceptors (Lipinski definition) is 4. The van der Waals surface area contributed by atoms with Gasteiger partial charge in [-0.25, -0.2) is 8.78 Å². The van der Waals surface area contributed by atoms with Gasteiger partial charge in [0.15, 0.2) is 5.78 Å². The highest BCUT2D eigenvalue weighted by molar-refractivity contribution is 6.09. The van der Waals surface area contributed by atoms with E-state index in [1.54, 1.807) is 26.8 Å². The SMILES string of the molecule is COc1cc(C)[nH]c(=O)c1CCC(=O)c1c(C)n([C@H](C)C2CCN(C(C)(C)C(F)F)CC2)c2ccccc12. The number of benzene rings is 1. The van der Waals surface area contributed by atoms with E-state index >= 15 is 0 Å². The lowest BCUT2D eigenvalue weighted by molar-refractivity contribution is -0.0490. The van der Waals surface area contributed by atoms with Crippen molar-refractivity contribution in [3.63, 3.8) is 0 Å². The van der Waals surface area contributed by atoms with Crippen LogP contribution in [-0.4, -0.2) is 52.4 Å². The molecule has 0 amide bonds. The van der Waals surface area contributed by atoms with Gasteiger partial charge in [0.25, 0.3) is 12.0 Å². The van der Waals surface area contributed by atoms with Gasteiger partial charge in [-0.3, -0.25) is 14.5 Å². The van der Waals surface area contributed by atoms with Crippen molar-refractivity contribution in [2.24, 2.45) is 5.92 Å². The number of nitrogens with zero attached hydrogens (tertiary/aromatic N) is 2. The normalized spacial score (nSPS) is 16.3. The number of para-hydroxylation sites is 1. The first-order chi connectivity index (χ1) is 18.0. The molecule has 38 heavy (non-hydrogen) atoms. The van der Waals surface area contributed by atoms with Crippen LogP contribution >= 0.6 is 0 Å². The Hall–Kier alpha value is -3.00. The molecular weight excluding hydrogens is 488 g/mol. The van der Waals surface area contributed by atoms with E-state index in [4.69, 9.17) is 4.74 Å². The van der Waals surface area contributed by atoms with Gasteiger partial charge in [-0.05, 0) is 85.0 Å². The average Bonchev–Trinajstić information content (AvgIpc) is 3.18. The summed E-state index contributed by atoms with van der Waals surface area (Å²) in [7, 11) is 1.53. The van der Waals surface area contributed by atoms with Crippen molar-refractivity contribution < 1.29 is 18.3 Å². The van der Waals surface area contributed by atoms with E-state index in [1.807, 2.05) is 36.1 Å². The molecule has 1 atom stereocenters. The number of carbonyl (C=O) groups is 1. The highest BCUT2D eigenvalue weighted by Gasteiger charge is 2.39. The lowest BCUT2D eigenvalue weighted by Crippen LogP contribution is -2.53. The Balaban J connectivity index is 1.59. The van der Waals surface area contributed by atoms with E-state index in [0.29, 0.717) is 41.6 Å². The number of aryl methyl sites for hydroxylation is 1. The molecule has 2 aromatic heterocycles. The standard InChI is InChI=1S/C30H39F2N3O3/c1-18-17-26(38-6)23(28(37)33-18)11-12-25(36)27-20(3)35(24-10-8-7-9-22(24)27)19(2)21-13-15-34(16-14-21)30(4,5)29(31)32/h7-10,17,19,21,29H,11-16H2,1-6H3,(H,33,37)/t19-/m1/s1. The predicted molar refractivity (Wildman–Crippen MR) is 147 cm³/mol. The lowest BCUT2D eigenvalue weighted by atomic mass is 9.87. The summed E-state index contributed by atoms with van der Waals surface area (Å²) in [5, 5.41) is 0.905. The molecule has 0 bridgehead atoms. The number of halogens is 2. The van der Waals surface area contributed by atoms with Crippen molar-refractivity contribution in [3.8, 4) is 5.75 Å². The number of carbonyl (C=O) groups excluding carboxylic acids is 1. The molecule has 0 aliphatic carbocycles. The molecule has 0 spiro atoms. The molecule has 1 N–H and O–H groups in total. The van der Waals surface area contributed by atoms with Gasteiger partial charge in [0.2, 0.25) is 0 Å². The average molecular weight is 528 g/mol. The van der Waals surface area contributed by atoms with E-state index in [0.717, 1.165) is 29.4 Å². The van der Waals surface area contributed by atoms with Crippen LogP contribution in [0, 0.1) is 19.8 Å². The summed E-state index contributed by atoms with van der Waals surface area (Å²) in [5.74, 6) is 0.793. The molecule has 1 aliphatic heterocycles. The van der Waals surface area contributed by atoms with Gasteiger partial charge in [-0.2, -0.15) is 0 Å². The Morgan fingerprint density at radius 3 is 2.47 bits per heavy atom. The van der Waals surface area contributed by atoms with Crippen LogP contribution in [0.2, 0.25) is 0 Å². The number of likely N-dealkylation sites (tertiary alicyclic amines) is 1. The van der Waals surface area contributed by atoms with Gasteiger partial charge >= 0.3 is 0 Å². The van der Waals surface area contributed by atoms with Crippen molar-refractivity contribution >= 4 is 16.7 Å². The molecule has 1 saturated heterocycles. The molecule has 1 aromatic carbocycles. The number of aromatic amines is 1. The number of hydrogen-bond donors (Lipinski definition) is 1. The van der Waals surface area contributed by atoms with Crippen LogP contribution in [0.1, 0.15) is 73.4 Å². The number of piperidine rings is 1. The Kier molecular flexibility index (Phi) is 8.12. The summed E-state index contributed by atoms with van der Waals surface area (Å²) < 4.78 is 34.8. The number of methoxy groups -OCH3 is 1. The van der Waals surface area contributed by atoms with Crippen molar-refractivity contribution in [3.05, 3.63) is 63.2 Å². The second kappa shape index (κ2) is 11.0. The zero-order valence-electron chi connectivity index (χ0n) is 23.2. The number of ketones is 1. The molecule has 0 unspecified atom stereocenters. The third kappa shape index (κ3) is 5.15. The zero-order chi connectivity index (χ0) is 27.8. The van der Waals surface area contributed by atoms with Gasteiger partial charge in [0.1, 0.15) is 5.75 Å². The van der Waals surface area contributed by atoms with E-state index in [9.17, 15) is 18.4 Å². The Labute approximate surface area is 223 Å². The fraction of sp³-hybridized carbons (Fsp3) is 0.533. The van der Waals surface area contributed by atoms with Gasteiger partial charge < -0.3 is 14.3 Å². The first-order valence-corrected chi connectivity index (χ1v) is 13.4. The van der Waals surface area contributed by atoms with E-state index in [-0.39, 0.29) is 30.2 Å². The molecule has 0 radical (unpaired) electrons. The summed E-state index contributed by atoms with van der Waals surface area (Å²) in [4.78, 5) is 30.9. The molecule has 4 rings (SSSR count). The maximum absolute atomic E-state index is 13.6. The lowest BCUT2D eigenvalue weighted by Gasteiger charge is -2.43. The van der Waals surface area contributed by atoms with E-state index < -0.39 is 12.0 Å². The van der Waals surface area contributed by atoms with Gasteiger partial charge in [-0.15, -0.1) is 0 Å². The molecule has 3 heterocycles. The highest BCUT2D eigenvalue weighted by Crippen LogP contribution is 2.38. The largest absolute Gasteiger partial charge is 0.496 e. The Morgan fingerprint density at radius 2 is 1.84 bits per heavy atom. The summed E-state index contributed by atoms with van der Waals surface area (Å²) >= 11 is 0. The minimum absolute atomic E-state index is 0.0137. The van der Waals surface area contributed by atoms with Crippen LogP contribution < -0.4 is 10.3 Å². The van der Waals surface area contributed by atoms with Crippen LogP contribution in [0.5, 0.6) is 5.75 Å². The minimum atomic E-state index is -2.39. The third-order valence-corrected chi connectivity index (χ3v) is 8.46. The number of alkyl halides is 2. The smallest absolute Gasteiger partial charge is 0.256 e. The molecule has 8 heteroatoms. The van der Waals surface area contributed by atoms with Crippen LogP contribution in [0.4, 0.5) is 8.78 Å². The second-order valence-corrected chi connectivity index (χ2v) is 11.1. The fourth-order valence-electron chi connectivity index (χ4n) is 6.04. The molecule has 6 nitrogen and oxygen atoms in total. The maximum atomic E-state index is 13.6. The topological polar surface area (TPSA) is 67.3 Å².